The van der Waals surface area contributed by atoms with Gasteiger partial charge in [0.25, 0.3) is 0 Å². The minimum absolute atomic E-state index is 0.118. The van der Waals surface area contributed by atoms with Crippen LogP contribution in [0.25, 0.3) is 0 Å². The summed E-state index contributed by atoms with van der Waals surface area (Å²) in [6.07, 6.45) is 0. The zero-order chi connectivity index (χ0) is 15.4. The van der Waals surface area contributed by atoms with Gasteiger partial charge in [-0.3, -0.25) is 0 Å². The molecule has 0 aromatic heterocycles. The third-order valence-corrected chi connectivity index (χ3v) is 3.76. The van der Waals surface area contributed by atoms with E-state index in [9.17, 15) is 0 Å². The molecule has 0 spiro atoms. The standard InChI is InChI=1S/C16H18BrN3O/c1-10-6-14(17)7-11(2)15(10)19-9-12-4-3-5-13(8-12)16(18)20-21/h3-8,19,21H,9H2,1-2H3,(H2,18,20). The Balaban J connectivity index is 2.17. The molecule has 2 aromatic rings. The molecule has 0 radical (unpaired) electrons. The second kappa shape index (κ2) is 6.63. The van der Waals surface area contributed by atoms with E-state index >= 15 is 0 Å². The first kappa shape index (κ1) is 15.4. The molecule has 0 aliphatic heterocycles. The maximum atomic E-state index is 8.73. The zero-order valence-corrected chi connectivity index (χ0v) is 13.6. The highest BCUT2D eigenvalue weighted by Crippen LogP contribution is 2.25. The van der Waals surface area contributed by atoms with Crippen LogP contribution in [0.15, 0.2) is 46.0 Å². The smallest absolute Gasteiger partial charge is 0.170 e. The van der Waals surface area contributed by atoms with Crippen molar-refractivity contribution < 1.29 is 5.21 Å². The first-order valence-corrected chi connectivity index (χ1v) is 7.38. The van der Waals surface area contributed by atoms with E-state index in [2.05, 4.69) is 52.4 Å². The van der Waals surface area contributed by atoms with Crippen molar-refractivity contribution in [2.24, 2.45) is 10.9 Å². The maximum Gasteiger partial charge on any atom is 0.170 e. The summed E-state index contributed by atoms with van der Waals surface area (Å²) in [6, 6.07) is 11.8. The fourth-order valence-corrected chi connectivity index (χ4v) is 2.97. The molecule has 0 amide bonds. The summed E-state index contributed by atoms with van der Waals surface area (Å²) < 4.78 is 1.08. The van der Waals surface area contributed by atoms with Gasteiger partial charge in [0.15, 0.2) is 5.84 Å². The lowest BCUT2D eigenvalue weighted by molar-refractivity contribution is 0.318. The van der Waals surface area contributed by atoms with Crippen LogP contribution in [0.3, 0.4) is 0 Å². The van der Waals surface area contributed by atoms with Gasteiger partial charge in [0, 0.05) is 22.3 Å². The number of amidine groups is 1. The van der Waals surface area contributed by atoms with Gasteiger partial charge in [0.05, 0.1) is 0 Å². The molecular weight excluding hydrogens is 330 g/mol. The topological polar surface area (TPSA) is 70.6 Å². The number of benzene rings is 2. The minimum Gasteiger partial charge on any atom is -0.409 e. The Hall–Kier alpha value is -2.01. The van der Waals surface area contributed by atoms with E-state index in [4.69, 9.17) is 10.9 Å². The number of nitrogens with zero attached hydrogens (tertiary/aromatic N) is 1. The van der Waals surface area contributed by atoms with Gasteiger partial charge in [0.2, 0.25) is 0 Å². The van der Waals surface area contributed by atoms with Crippen molar-refractivity contribution in [2.75, 3.05) is 5.32 Å². The molecule has 0 heterocycles. The lowest BCUT2D eigenvalue weighted by atomic mass is 10.1. The van der Waals surface area contributed by atoms with Gasteiger partial charge in [-0.1, -0.05) is 39.3 Å². The Bertz CT molecular complexity index is 660. The van der Waals surface area contributed by atoms with E-state index in [0.717, 1.165) is 15.7 Å². The average molecular weight is 348 g/mol. The molecule has 0 aliphatic carbocycles. The van der Waals surface area contributed by atoms with Crippen LogP contribution in [-0.4, -0.2) is 11.0 Å². The van der Waals surface area contributed by atoms with Gasteiger partial charge in [-0.05, 0) is 48.7 Å². The molecular formula is C16H18BrN3O. The second-order valence-electron chi connectivity index (χ2n) is 4.95. The minimum atomic E-state index is 0.118. The molecule has 0 atom stereocenters. The lowest BCUT2D eigenvalue weighted by Crippen LogP contribution is -2.13. The summed E-state index contributed by atoms with van der Waals surface area (Å²) in [7, 11) is 0. The van der Waals surface area contributed by atoms with Crippen molar-refractivity contribution in [3.63, 3.8) is 0 Å². The van der Waals surface area contributed by atoms with Crippen LogP contribution in [0, 0.1) is 13.8 Å². The summed E-state index contributed by atoms with van der Waals surface area (Å²) in [5, 5.41) is 15.2. The molecule has 0 bridgehead atoms. The van der Waals surface area contributed by atoms with Gasteiger partial charge in [-0.2, -0.15) is 0 Å². The van der Waals surface area contributed by atoms with Crippen LogP contribution in [0.5, 0.6) is 0 Å². The molecule has 0 saturated carbocycles. The van der Waals surface area contributed by atoms with E-state index in [1.165, 1.54) is 11.1 Å². The molecule has 110 valence electrons. The quantitative estimate of drug-likeness (QED) is 0.341. The van der Waals surface area contributed by atoms with Crippen LogP contribution in [0.1, 0.15) is 22.3 Å². The molecule has 4 nitrogen and oxygen atoms in total. The number of hydrogen-bond acceptors (Lipinski definition) is 3. The Morgan fingerprint density at radius 3 is 2.52 bits per heavy atom. The van der Waals surface area contributed by atoms with Crippen molar-refractivity contribution in [1.29, 1.82) is 0 Å². The Kier molecular flexibility index (Phi) is 4.85. The molecule has 5 heteroatoms. The second-order valence-corrected chi connectivity index (χ2v) is 5.87. The van der Waals surface area contributed by atoms with Gasteiger partial charge in [0.1, 0.15) is 0 Å². The summed E-state index contributed by atoms with van der Waals surface area (Å²) in [5.41, 5.74) is 10.9. The summed E-state index contributed by atoms with van der Waals surface area (Å²) in [6.45, 7) is 4.83. The molecule has 0 aliphatic rings. The van der Waals surface area contributed by atoms with Crippen LogP contribution in [0.2, 0.25) is 0 Å². The monoisotopic (exact) mass is 347 g/mol. The van der Waals surface area contributed by atoms with Crippen LogP contribution < -0.4 is 11.1 Å². The van der Waals surface area contributed by atoms with Gasteiger partial charge in [-0.15, -0.1) is 0 Å². The first-order valence-electron chi connectivity index (χ1n) is 6.58. The Morgan fingerprint density at radius 1 is 1.24 bits per heavy atom. The van der Waals surface area contributed by atoms with E-state index in [-0.39, 0.29) is 5.84 Å². The number of oxime groups is 1. The molecule has 0 fully saturated rings. The highest BCUT2D eigenvalue weighted by molar-refractivity contribution is 9.10. The highest BCUT2D eigenvalue weighted by Gasteiger charge is 2.05. The maximum absolute atomic E-state index is 8.73. The lowest BCUT2D eigenvalue weighted by Gasteiger charge is -2.14. The number of aryl methyl sites for hydroxylation is 2. The molecule has 4 N–H and O–H groups in total. The number of anilines is 1. The number of halogens is 1. The number of rotatable bonds is 4. The molecule has 0 unspecified atom stereocenters. The molecule has 2 rings (SSSR count). The normalized spacial score (nSPS) is 11.5. The van der Waals surface area contributed by atoms with Gasteiger partial charge in [-0.25, -0.2) is 0 Å². The van der Waals surface area contributed by atoms with Crippen molar-refractivity contribution in [1.82, 2.24) is 0 Å². The molecule has 21 heavy (non-hydrogen) atoms. The SMILES string of the molecule is Cc1cc(Br)cc(C)c1NCc1cccc(C(N)=NO)c1. The van der Waals surface area contributed by atoms with Gasteiger partial charge < -0.3 is 16.3 Å². The zero-order valence-electron chi connectivity index (χ0n) is 12.0. The Morgan fingerprint density at radius 2 is 1.90 bits per heavy atom. The van der Waals surface area contributed by atoms with Crippen LogP contribution in [0.4, 0.5) is 5.69 Å². The molecule has 2 aromatic carbocycles. The summed E-state index contributed by atoms with van der Waals surface area (Å²) >= 11 is 3.50. The predicted octanol–water partition coefficient (Wildman–Crippen LogP) is 3.77. The van der Waals surface area contributed by atoms with Crippen LogP contribution >= 0.6 is 15.9 Å². The average Bonchev–Trinajstić information content (AvgIpc) is 2.45. The summed E-state index contributed by atoms with van der Waals surface area (Å²) in [5.74, 6) is 0.118. The Labute approximate surface area is 132 Å². The predicted molar refractivity (Wildman–Crippen MR) is 89.9 cm³/mol. The molecule has 0 saturated heterocycles. The fourth-order valence-electron chi connectivity index (χ4n) is 2.28. The first-order chi connectivity index (χ1) is 10.0. The fraction of sp³-hybridized carbons (Fsp3) is 0.188. The van der Waals surface area contributed by atoms with E-state index < -0.39 is 0 Å². The highest BCUT2D eigenvalue weighted by atomic mass is 79.9. The number of hydrogen-bond donors (Lipinski definition) is 3. The third-order valence-electron chi connectivity index (χ3n) is 3.30. The van der Waals surface area contributed by atoms with Crippen molar-refractivity contribution >= 4 is 27.5 Å². The third kappa shape index (κ3) is 3.76. The largest absolute Gasteiger partial charge is 0.409 e. The number of nitrogens with one attached hydrogen (secondary N) is 1. The van der Waals surface area contributed by atoms with Crippen LogP contribution in [-0.2, 0) is 6.54 Å². The number of nitrogens with two attached hydrogens (primary N) is 1. The van der Waals surface area contributed by atoms with E-state index in [1.54, 1.807) is 0 Å². The van der Waals surface area contributed by atoms with Gasteiger partial charge >= 0.3 is 0 Å². The van der Waals surface area contributed by atoms with Crippen molar-refractivity contribution in [2.45, 2.75) is 20.4 Å². The van der Waals surface area contributed by atoms with Crippen molar-refractivity contribution in [3.8, 4) is 0 Å². The van der Waals surface area contributed by atoms with Crippen molar-refractivity contribution in [3.05, 3.63) is 63.1 Å². The van der Waals surface area contributed by atoms with E-state index in [1.807, 2.05) is 24.3 Å². The van der Waals surface area contributed by atoms with E-state index in [0.29, 0.717) is 12.1 Å². The summed E-state index contributed by atoms with van der Waals surface area (Å²) in [4.78, 5) is 0.